The van der Waals surface area contributed by atoms with E-state index in [0.29, 0.717) is 12.1 Å². The van der Waals surface area contributed by atoms with Crippen LogP contribution in [0.25, 0.3) is 0 Å². The smallest absolute Gasteiger partial charge is 0.264 e. The van der Waals surface area contributed by atoms with E-state index in [4.69, 9.17) is 11.6 Å². The summed E-state index contributed by atoms with van der Waals surface area (Å²) in [6.45, 7) is 1.54. The molecule has 0 aromatic heterocycles. The molecule has 4 rings (SSSR count). The second-order valence-corrected chi connectivity index (χ2v) is 12.7. The molecule has 0 spiro atoms. The fourth-order valence-electron chi connectivity index (χ4n) is 4.74. The molecule has 0 fully saturated rings. The topological polar surface area (TPSA) is 86.8 Å². The molecule has 0 unspecified atom stereocenters. The van der Waals surface area contributed by atoms with Crippen molar-refractivity contribution in [3.05, 3.63) is 131 Å². The summed E-state index contributed by atoms with van der Waals surface area (Å²) in [6.07, 6.45) is 1.71. The molecule has 2 amide bonds. The summed E-state index contributed by atoms with van der Waals surface area (Å²) in [5, 5.41) is 2.58. The van der Waals surface area contributed by atoms with Crippen LogP contribution in [0.1, 0.15) is 30.9 Å². The van der Waals surface area contributed by atoms with E-state index in [2.05, 4.69) is 5.32 Å². The number of halogens is 3. The SMILES string of the molecule is CCCCNC(=O)[C@@H](Cc1ccccc1)N(Cc1ccc(F)cc1)C(=O)CN(c1ccc(F)c(Cl)c1)S(=O)(=O)c1ccccc1. The summed E-state index contributed by atoms with van der Waals surface area (Å²) in [5.41, 5.74) is 1.28. The van der Waals surface area contributed by atoms with Crippen LogP contribution in [0.15, 0.2) is 108 Å². The molecular formula is C34H34ClF2N3O4S. The molecule has 236 valence electrons. The number of benzene rings is 4. The molecular weight excluding hydrogens is 620 g/mol. The van der Waals surface area contributed by atoms with Crippen molar-refractivity contribution in [3.63, 3.8) is 0 Å². The number of carbonyl (C=O) groups excluding carboxylic acids is 2. The number of nitrogens with zero attached hydrogens (tertiary/aromatic N) is 2. The number of hydrogen-bond donors (Lipinski definition) is 1. The Morgan fingerprint density at radius 2 is 1.51 bits per heavy atom. The summed E-state index contributed by atoms with van der Waals surface area (Å²) < 4.78 is 56.7. The first-order valence-corrected chi connectivity index (χ1v) is 16.3. The van der Waals surface area contributed by atoms with Crippen LogP contribution in [-0.4, -0.2) is 44.3 Å². The molecule has 0 saturated carbocycles. The van der Waals surface area contributed by atoms with Gasteiger partial charge >= 0.3 is 0 Å². The zero-order valence-electron chi connectivity index (χ0n) is 24.7. The van der Waals surface area contributed by atoms with E-state index in [1.54, 1.807) is 18.2 Å². The van der Waals surface area contributed by atoms with Gasteiger partial charge in [-0.2, -0.15) is 0 Å². The zero-order chi connectivity index (χ0) is 32.4. The normalized spacial score (nSPS) is 11.9. The highest BCUT2D eigenvalue weighted by Crippen LogP contribution is 2.28. The molecule has 0 saturated heterocycles. The highest BCUT2D eigenvalue weighted by molar-refractivity contribution is 7.92. The molecule has 1 atom stereocenters. The van der Waals surface area contributed by atoms with Crippen LogP contribution in [0.4, 0.5) is 14.5 Å². The van der Waals surface area contributed by atoms with Gasteiger partial charge in [-0.1, -0.05) is 85.6 Å². The minimum absolute atomic E-state index is 0.0349. The number of anilines is 1. The molecule has 0 bridgehead atoms. The second kappa shape index (κ2) is 15.6. The van der Waals surface area contributed by atoms with Gasteiger partial charge in [0.1, 0.15) is 24.2 Å². The molecule has 4 aromatic carbocycles. The summed E-state index contributed by atoms with van der Waals surface area (Å²) in [6, 6.07) is 24.5. The van der Waals surface area contributed by atoms with Gasteiger partial charge in [-0.05, 0) is 60.0 Å². The maximum atomic E-state index is 14.4. The third-order valence-electron chi connectivity index (χ3n) is 7.17. The molecule has 11 heteroatoms. The standard InChI is InChI=1S/C34H34ClF2N3O4S/c1-2-3-20-38-34(42)32(21-25-10-6-4-7-11-25)39(23-26-14-16-27(36)17-15-26)33(41)24-40(28-18-19-31(37)30(35)22-28)45(43,44)29-12-8-5-9-13-29/h4-19,22,32H,2-3,20-21,23-24H2,1H3,(H,38,42)/t32-/m1/s1. The number of amides is 2. The molecule has 0 radical (unpaired) electrons. The highest BCUT2D eigenvalue weighted by Gasteiger charge is 2.34. The lowest BCUT2D eigenvalue weighted by molar-refractivity contribution is -0.140. The number of hydrogen-bond acceptors (Lipinski definition) is 4. The fourth-order valence-corrected chi connectivity index (χ4v) is 6.34. The van der Waals surface area contributed by atoms with Crippen LogP contribution in [0, 0.1) is 11.6 Å². The number of nitrogens with one attached hydrogen (secondary N) is 1. The van der Waals surface area contributed by atoms with Gasteiger partial charge in [0.05, 0.1) is 15.6 Å². The van der Waals surface area contributed by atoms with Crippen molar-refractivity contribution in [1.29, 1.82) is 0 Å². The number of sulfonamides is 1. The summed E-state index contributed by atoms with van der Waals surface area (Å²) in [4.78, 5) is 29.3. The Labute approximate surface area is 267 Å². The van der Waals surface area contributed by atoms with Gasteiger partial charge in [0.15, 0.2) is 0 Å². The molecule has 0 heterocycles. The van der Waals surface area contributed by atoms with Crippen molar-refractivity contribution >= 4 is 39.1 Å². The van der Waals surface area contributed by atoms with Crippen molar-refractivity contribution in [2.24, 2.45) is 0 Å². The van der Waals surface area contributed by atoms with Crippen molar-refractivity contribution in [2.75, 3.05) is 17.4 Å². The molecule has 0 aliphatic rings. The van der Waals surface area contributed by atoms with Gasteiger partial charge in [0.2, 0.25) is 11.8 Å². The molecule has 1 N–H and O–H groups in total. The van der Waals surface area contributed by atoms with E-state index in [9.17, 15) is 26.8 Å². The summed E-state index contributed by atoms with van der Waals surface area (Å²) in [5.74, 6) is -2.34. The van der Waals surface area contributed by atoms with Crippen LogP contribution < -0.4 is 9.62 Å². The predicted molar refractivity (Wildman–Crippen MR) is 171 cm³/mol. The van der Waals surface area contributed by atoms with E-state index in [0.717, 1.165) is 34.8 Å². The van der Waals surface area contributed by atoms with Crippen LogP contribution in [0.3, 0.4) is 0 Å². The van der Waals surface area contributed by atoms with E-state index in [1.807, 2.05) is 37.3 Å². The molecule has 0 aliphatic carbocycles. The lowest BCUT2D eigenvalue weighted by Gasteiger charge is -2.34. The Morgan fingerprint density at radius 1 is 0.867 bits per heavy atom. The molecule has 0 aliphatic heterocycles. The average Bonchev–Trinajstić information content (AvgIpc) is 3.04. The Morgan fingerprint density at radius 3 is 2.13 bits per heavy atom. The van der Waals surface area contributed by atoms with Crippen LogP contribution in [0.5, 0.6) is 0 Å². The van der Waals surface area contributed by atoms with Crippen molar-refractivity contribution < 1.29 is 26.8 Å². The van der Waals surface area contributed by atoms with E-state index < -0.39 is 46.1 Å². The third-order valence-corrected chi connectivity index (χ3v) is 9.25. The fraction of sp³-hybridized carbons (Fsp3) is 0.235. The monoisotopic (exact) mass is 653 g/mol. The van der Waals surface area contributed by atoms with Crippen molar-refractivity contribution in [2.45, 2.75) is 43.7 Å². The van der Waals surface area contributed by atoms with Gasteiger partial charge in [0.25, 0.3) is 10.0 Å². The number of unbranched alkanes of at least 4 members (excludes halogenated alkanes) is 1. The van der Waals surface area contributed by atoms with Gasteiger partial charge in [-0.25, -0.2) is 17.2 Å². The summed E-state index contributed by atoms with van der Waals surface area (Å²) in [7, 11) is -4.36. The average molecular weight is 654 g/mol. The Bertz CT molecular complexity index is 1690. The first-order chi connectivity index (χ1) is 21.6. The summed E-state index contributed by atoms with van der Waals surface area (Å²) >= 11 is 6.04. The first kappa shape index (κ1) is 33.6. The maximum absolute atomic E-state index is 14.4. The van der Waals surface area contributed by atoms with Crippen LogP contribution >= 0.6 is 11.6 Å². The molecule has 45 heavy (non-hydrogen) atoms. The van der Waals surface area contributed by atoms with E-state index >= 15 is 0 Å². The lowest BCUT2D eigenvalue weighted by atomic mass is 10.0. The highest BCUT2D eigenvalue weighted by atomic mass is 35.5. The Hall–Kier alpha value is -4.28. The second-order valence-electron chi connectivity index (χ2n) is 10.4. The third kappa shape index (κ3) is 8.89. The number of carbonyl (C=O) groups is 2. The minimum Gasteiger partial charge on any atom is -0.354 e. The van der Waals surface area contributed by atoms with E-state index in [-0.39, 0.29) is 28.6 Å². The van der Waals surface area contributed by atoms with Crippen molar-refractivity contribution in [3.8, 4) is 0 Å². The lowest BCUT2D eigenvalue weighted by Crippen LogP contribution is -2.53. The van der Waals surface area contributed by atoms with Crippen LogP contribution in [-0.2, 0) is 32.6 Å². The largest absolute Gasteiger partial charge is 0.354 e. The maximum Gasteiger partial charge on any atom is 0.264 e. The zero-order valence-corrected chi connectivity index (χ0v) is 26.3. The minimum atomic E-state index is -4.36. The van der Waals surface area contributed by atoms with Gasteiger partial charge in [0, 0.05) is 19.5 Å². The van der Waals surface area contributed by atoms with Gasteiger partial charge in [-0.15, -0.1) is 0 Å². The van der Waals surface area contributed by atoms with Crippen LogP contribution in [0.2, 0.25) is 5.02 Å². The number of rotatable bonds is 14. The van der Waals surface area contributed by atoms with Gasteiger partial charge in [-0.3, -0.25) is 13.9 Å². The predicted octanol–water partition coefficient (Wildman–Crippen LogP) is 6.37. The first-order valence-electron chi connectivity index (χ1n) is 14.5. The molecule has 7 nitrogen and oxygen atoms in total. The Balaban J connectivity index is 1.79. The quantitative estimate of drug-likeness (QED) is 0.160. The van der Waals surface area contributed by atoms with Crippen molar-refractivity contribution in [1.82, 2.24) is 10.2 Å². The van der Waals surface area contributed by atoms with E-state index in [1.165, 1.54) is 47.4 Å². The molecule has 4 aromatic rings. The Kier molecular flexibility index (Phi) is 11.7. The van der Waals surface area contributed by atoms with Gasteiger partial charge < -0.3 is 10.2 Å².